The van der Waals surface area contributed by atoms with Gasteiger partial charge in [-0.25, -0.2) is 13.2 Å². The third kappa shape index (κ3) is 3.51. The number of nitrogens with zero attached hydrogens (tertiary/aromatic N) is 1. The first-order chi connectivity index (χ1) is 14.3. The van der Waals surface area contributed by atoms with Crippen LogP contribution < -0.4 is 0 Å². The second kappa shape index (κ2) is 8.06. The van der Waals surface area contributed by atoms with Gasteiger partial charge in [0.1, 0.15) is 5.58 Å². The van der Waals surface area contributed by atoms with E-state index in [4.69, 9.17) is 20.8 Å². The highest BCUT2D eigenvalue weighted by Gasteiger charge is 2.37. The lowest BCUT2D eigenvalue weighted by atomic mass is 10.1. The van der Waals surface area contributed by atoms with Crippen LogP contribution in [-0.2, 0) is 14.8 Å². The number of ether oxygens (including phenoxy) is 1. The molecule has 1 unspecified atom stereocenters. The van der Waals surface area contributed by atoms with Gasteiger partial charge in [-0.05, 0) is 56.5 Å². The summed E-state index contributed by atoms with van der Waals surface area (Å²) in [5, 5.41) is 1.14. The Morgan fingerprint density at radius 1 is 1.27 bits per heavy atom. The zero-order chi connectivity index (χ0) is 21.5. The van der Waals surface area contributed by atoms with E-state index < -0.39 is 16.0 Å². The van der Waals surface area contributed by atoms with Crippen molar-refractivity contribution in [1.29, 1.82) is 0 Å². The number of hydrogen-bond acceptors (Lipinski definition) is 5. The summed E-state index contributed by atoms with van der Waals surface area (Å²) in [5.74, 6) is -0.467. The molecule has 1 aliphatic heterocycles. The Morgan fingerprint density at radius 3 is 2.77 bits per heavy atom. The average Bonchev–Trinajstić information content (AvgIpc) is 3.34. The smallest absolute Gasteiger partial charge is 0.374 e. The van der Waals surface area contributed by atoms with Crippen LogP contribution in [0, 0.1) is 6.92 Å². The number of halogens is 1. The molecule has 8 heteroatoms. The van der Waals surface area contributed by atoms with Crippen LogP contribution in [0.3, 0.4) is 0 Å². The molecule has 6 nitrogen and oxygen atoms in total. The van der Waals surface area contributed by atoms with Gasteiger partial charge in [0.15, 0.2) is 0 Å². The Bertz CT molecular complexity index is 1220. The van der Waals surface area contributed by atoms with Crippen molar-refractivity contribution < 1.29 is 22.4 Å². The number of sulfonamides is 1. The first-order valence-corrected chi connectivity index (χ1v) is 11.6. The van der Waals surface area contributed by atoms with E-state index in [2.05, 4.69) is 0 Å². The standard InChI is InChI=1S/C22H22ClNO5S/c1-3-28-22(25)21-14(2)17-13-15(10-11-20(17)29-21)30(26,27)24-12-6-9-19(24)16-7-4-5-8-18(16)23/h4-5,7-8,10-11,13,19H,3,6,9,12H2,1-2H3. The van der Waals surface area contributed by atoms with Gasteiger partial charge in [-0.2, -0.15) is 4.31 Å². The fraction of sp³-hybridized carbons (Fsp3) is 0.318. The average molecular weight is 448 g/mol. The van der Waals surface area contributed by atoms with Gasteiger partial charge in [0.25, 0.3) is 0 Å². The van der Waals surface area contributed by atoms with Gasteiger partial charge < -0.3 is 9.15 Å². The van der Waals surface area contributed by atoms with Gasteiger partial charge in [-0.15, -0.1) is 0 Å². The van der Waals surface area contributed by atoms with Crippen LogP contribution in [-0.4, -0.2) is 31.8 Å². The summed E-state index contributed by atoms with van der Waals surface area (Å²) < 4.78 is 39.1. The Balaban J connectivity index is 1.74. The number of furan rings is 1. The Morgan fingerprint density at radius 2 is 2.03 bits per heavy atom. The van der Waals surface area contributed by atoms with E-state index in [1.54, 1.807) is 32.0 Å². The number of carbonyl (C=O) groups is 1. The van der Waals surface area contributed by atoms with Crippen LogP contribution in [0.25, 0.3) is 11.0 Å². The largest absolute Gasteiger partial charge is 0.460 e. The van der Waals surface area contributed by atoms with Gasteiger partial charge in [0.2, 0.25) is 15.8 Å². The third-order valence-corrected chi connectivity index (χ3v) is 7.69. The number of carbonyl (C=O) groups excluding carboxylic acids is 1. The molecule has 1 fully saturated rings. The molecule has 4 rings (SSSR count). The molecule has 0 saturated carbocycles. The third-order valence-electron chi connectivity index (χ3n) is 5.44. The highest BCUT2D eigenvalue weighted by Crippen LogP contribution is 2.40. The molecule has 0 aliphatic carbocycles. The number of fused-ring (bicyclic) bond motifs is 1. The predicted molar refractivity (Wildman–Crippen MR) is 114 cm³/mol. The molecular formula is C22H22ClNO5S. The van der Waals surface area contributed by atoms with Crippen LogP contribution in [0.5, 0.6) is 0 Å². The maximum Gasteiger partial charge on any atom is 0.374 e. The van der Waals surface area contributed by atoms with Crippen molar-refractivity contribution >= 4 is 38.6 Å². The van der Waals surface area contributed by atoms with Gasteiger partial charge in [0, 0.05) is 22.5 Å². The van der Waals surface area contributed by atoms with Crippen LogP contribution in [0.4, 0.5) is 0 Å². The number of hydrogen-bond donors (Lipinski definition) is 0. The number of benzene rings is 2. The van der Waals surface area contributed by atoms with E-state index in [0.717, 1.165) is 12.0 Å². The summed E-state index contributed by atoms with van der Waals surface area (Å²) in [5.41, 5.74) is 1.81. The maximum atomic E-state index is 13.5. The monoisotopic (exact) mass is 447 g/mol. The Hall–Kier alpha value is -2.35. The zero-order valence-electron chi connectivity index (χ0n) is 16.7. The highest BCUT2D eigenvalue weighted by atomic mass is 35.5. The van der Waals surface area contributed by atoms with Crippen molar-refractivity contribution in [3.8, 4) is 0 Å². The van der Waals surface area contributed by atoms with Crippen molar-refractivity contribution in [3.63, 3.8) is 0 Å². The van der Waals surface area contributed by atoms with E-state index >= 15 is 0 Å². The van der Waals surface area contributed by atoms with Crippen molar-refractivity contribution in [1.82, 2.24) is 4.31 Å². The summed E-state index contributed by atoms with van der Waals surface area (Å²) in [6, 6.07) is 11.7. The lowest BCUT2D eigenvalue weighted by molar-refractivity contribution is 0.0491. The van der Waals surface area contributed by atoms with Gasteiger partial charge in [0.05, 0.1) is 17.5 Å². The molecule has 0 N–H and O–H groups in total. The molecule has 3 aromatic rings. The molecule has 1 aromatic heterocycles. The molecule has 0 radical (unpaired) electrons. The molecule has 0 bridgehead atoms. The van der Waals surface area contributed by atoms with Gasteiger partial charge in [-0.1, -0.05) is 29.8 Å². The second-order valence-electron chi connectivity index (χ2n) is 7.23. The first kappa shape index (κ1) is 20.9. The Kier molecular flexibility index (Phi) is 5.61. The van der Waals surface area contributed by atoms with E-state index in [1.165, 1.54) is 10.4 Å². The molecule has 1 saturated heterocycles. The van der Waals surface area contributed by atoms with Gasteiger partial charge in [-0.3, -0.25) is 0 Å². The first-order valence-electron chi connectivity index (χ1n) is 9.81. The summed E-state index contributed by atoms with van der Waals surface area (Å²) in [4.78, 5) is 12.3. The molecule has 1 aliphatic rings. The minimum atomic E-state index is -3.77. The number of esters is 1. The lowest BCUT2D eigenvalue weighted by Crippen LogP contribution is -2.30. The van der Waals surface area contributed by atoms with Crippen LogP contribution in [0.1, 0.15) is 47.5 Å². The van der Waals surface area contributed by atoms with E-state index in [1.807, 2.05) is 18.2 Å². The second-order valence-corrected chi connectivity index (χ2v) is 9.53. The number of rotatable bonds is 5. The fourth-order valence-corrected chi connectivity index (χ4v) is 5.93. The minimum Gasteiger partial charge on any atom is -0.460 e. The summed E-state index contributed by atoms with van der Waals surface area (Å²) in [7, 11) is -3.77. The summed E-state index contributed by atoms with van der Waals surface area (Å²) in [6.45, 7) is 4.09. The molecule has 0 amide bonds. The highest BCUT2D eigenvalue weighted by molar-refractivity contribution is 7.89. The van der Waals surface area contributed by atoms with E-state index in [9.17, 15) is 13.2 Å². The molecule has 2 heterocycles. The minimum absolute atomic E-state index is 0.0940. The normalized spacial score (nSPS) is 17.5. The summed E-state index contributed by atoms with van der Waals surface area (Å²) >= 11 is 6.35. The topological polar surface area (TPSA) is 76.8 Å². The van der Waals surface area contributed by atoms with Crippen molar-refractivity contribution in [3.05, 3.63) is 64.4 Å². The van der Waals surface area contributed by atoms with Crippen LogP contribution in [0.15, 0.2) is 51.8 Å². The molecule has 158 valence electrons. The molecule has 1 atom stereocenters. The van der Waals surface area contributed by atoms with Crippen LogP contribution >= 0.6 is 11.6 Å². The SMILES string of the molecule is CCOC(=O)c1oc2ccc(S(=O)(=O)N3CCCC3c3ccccc3Cl)cc2c1C. The summed E-state index contributed by atoms with van der Waals surface area (Å²) in [6.07, 6.45) is 1.47. The number of aryl methyl sites for hydroxylation is 1. The van der Waals surface area contributed by atoms with Crippen molar-refractivity contribution in [2.24, 2.45) is 0 Å². The lowest BCUT2D eigenvalue weighted by Gasteiger charge is -2.25. The van der Waals surface area contributed by atoms with Crippen molar-refractivity contribution in [2.45, 2.75) is 37.6 Å². The van der Waals surface area contributed by atoms with E-state index in [-0.39, 0.29) is 23.3 Å². The fourth-order valence-electron chi connectivity index (χ4n) is 3.97. The van der Waals surface area contributed by atoms with E-state index in [0.29, 0.717) is 34.5 Å². The zero-order valence-corrected chi connectivity index (χ0v) is 18.3. The molecule has 30 heavy (non-hydrogen) atoms. The van der Waals surface area contributed by atoms with Crippen molar-refractivity contribution in [2.75, 3.05) is 13.2 Å². The van der Waals surface area contributed by atoms with Crippen LogP contribution in [0.2, 0.25) is 5.02 Å². The predicted octanol–water partition coefficient (Wildman–Crippen LogP) is 5.10. The van der Waals surface area contributed by atoms with Gasteiger partial charge >= 0.3 is 5.97 Å². The Labute approximate surface area is 180 Å². The molecule has 0 spiro atoms. The maximum absolute atomic E-state index is 13.5. The molecule has 2 aromatic carbocycles. The molecular weight excluding hydrogens is 426 g/mol. The quantitative estimate of drug-likeness (QED) is 0.508.